The summed E-state index contributed by atoms with van der Waals surface area (Å²) in [4.78, 5) is 2.04. The van der Waals surface area contributed by atoms with E-state index in [0.717, 1.165) is 41.7 Å². The highest BCUT2D eigenvalue weighted by Gasteiger charge is 2.41. The van der Waals surface area contributed by atoms with Crippen molar-refractivity contribution in [1.82, 2.24) is 20.9 Å². The number of halogens is 4. The van der Waals surface area contributed by atoms with Gasteiger partial charge in [-0.05, 0) is 55.5 Å². The normalized spacial score (nSPS) is 26.3. The smallest absolute Gasteiger partial charge is 0.390 e. The van der Waals surface area contributed by atoms with Crippen LogP contribution in [0.2, 0.25) is 0 Å². The predicted octanol–water partition coefficient (Wildman–Crippen LogP) is 4.09. The maximum Gasteiger partial charge on any atom is 0.416 e. The van der Waals surface area contributed by atoms with Crippen molar-refractivity contribution in [2.45, 2.75) is 76.0 Å². The van der Waals surface area contributed by atoms with E-state index in [1.165, 1.54) is 12.1 Å². The van der Waals surface area contributed by atoms with Crippen molar-refractivity contribution in [3.8, 4) is 0 Å². The molecule has 9 heteroatoms. The molecule has 0 spiro atoms. The first-order valence-electron chi connectivity index (χ1n) is 12.1. The number of likely N-dealkylation sites (tertiary alicyclic amines) is 1. The average Bonchev–Trinajstić information content (AvgIpc) is 3.27. The molecule has 5 nitrogen and oxygen atoms in total. The summed E-state index contributed by atoms with van der Waals surface area (Å²) in [6.07, 6.45) is -4.54. The van der Waals surface area contributed by atoms with Gasteiger partial charge in [0, 0.05) is 32.2 Å². The van der Waals surface area contributed by atoms with Gasteiger partial charge in [-0.25, -0.2) is 4.39 Å². The van der Waals surface area contributed by atoms with Crippen LogP contribution in [0.4, 0.5) is 17.6 Å². The lowest BCUT2D eigenvalue weighted by Crippen LogP contribution is -2.68. The van der Waals surface area contributed by atoms with Crippen LogP contribution in [0, 0.1) is 0 Å². The Kier molecular flexibility index (Phi) is 7.83. The van der Waals surface area contributed by atoms with Crippen LogP contribution in [0.5, 0.6) is 0 Å². The van der Waals surface area contributed by atoms with Crippen LogP contribution < -0.4 is 16.0 Å². The Labute approximate surface area is 203 Å². The van der Waals surface area contributed by atoms with Gasteiger partial charge in [-0.3, -0.25) is 20.9 Å². The van der Waals surface area contributed by atoms with Crippen molar-refractivity contribution in [3.63, 3.8) is 0 Å². The molecule has 0 amide bonds. The number of nitrogens with zero attached hydrogens (tertiary/aromatic N) is 1. The lowest BCUT2D eigenvalue weighted by molar-refractivity contribution is -0.137. The third-order valence-electron chi connectivity index (χ3n) is 6.71. The molecule has 2 aromatic carbocycles. The average molecular weight is 495 g/mol. The molecule has 2 saturated heterocycles. The van der Waals surface area contributed by atoms with Crippen LogP contribution in [0.15, 0.2) is 48.5 Å². The third kappa shape index (κ3) is 6.59. The number of nitrogens with one attached hydrogen (secondary N) is 3. The van der Waals surface area contributed by atoms with E-state index in [4.69, 9.17) is 0 Å². The largest absolute Gasteiger partial charge is 0.416 e. The lowest BCUT2D eigenvalue weighted by atomic mass is 9.98. The molecule has 35 heavy (non-hydrogen) atoms. The molecular formula is C26H34F4N4O. The summed E-state index contributed by atoms with van der Waals surface area (Å²) in [6.45, 7) is 5.12. The van der Waals surface area contributed by atoms with Crippen LogP contribution in [0.1, 0.15) is 55.0 Å². The minimum Gasteiger partial charge on any atom is -0.390 e. The molecule has 2 aliphatic heterocycles. The number of rotatable bonds is 7. The molecule has 192 valence electrons. The lowest BCUT2D eigenvalue weighted by Gasteiger charge is -2.42. The highest BCUT2D eigenvalue weighted by atomic mass is 19.4. The molecule has 4 unspecified atom stereocenters. The van der Waals surface area contributed by atoms with E-state index in [0.29, 0.717) is 26.2 Å². The summed E-state index contributed by atoms with van der Waals surface area (Å²) in [5.41, 5.74) is 1.37. The Morgan fingerprint density at radius 3 is 2.29 bits per heavy atom. The zero-order chi connectivity index (χ0) is 25.2. The summed E-state index contributed by atoms with van der Waals surface area (Å²) in [5.74, 6) is 0. The van der Waals surface area contributed by atoms with Crippen molar-refractivity contribution in [3.05, 3.63) is 70.8 Å². The Morgan fingerprint density at radius 2 is 1.66 bits per heavy atom. The van der Waals surface area contributed by atoms with Crippen molar-refractivity contribution in [2.75, 3.05) is 13.2 Å². The first-order chi connectivity index (χ1) is 16.5. The van der Waals surface area contributed by atoms with Crippen LogP contribution in [-0.2, 0) is 19.1 Å². The quantitative estimate of drug-likeness (QED) is 0.437. The Balaban J connectivity index is 1.38. The number of aliphatic hydroxyl groups is 1. The number of alkyl halides is 4. The summed E-state index contributed by atoms with van der Waals surface area (Å²) in [6, 6.07) is 13.0. The van der Waals surface area contributed by atoms with Crippen molar-refractivity contribution < 1.29 is 22.7 Å². The van der Waals surface area contributed by atoms with Gasteiger partial charge in [0.2, 0.25) is 0 Å². The second kappa shape index (κ2) is 10.5. The SMILES string of the molecule is CC(C)(O)Cc1ccc(CNC2NCNC(N3CCCC3c3ccc(C(F)(F)F)cc3)C2F)cc1. The van der Waals surface area contributed by atoms with E-state index in [1.807, 2.05) is 29.2 Å². The Morgan fingerprint density at radius 1 is 1.00 bits per heavy atom. The fourth-order valence-corrected chi connectivity index (χ4v) is 5.04. The van der Waals surface area contributed by atoms with Gasteiger partial charge in [0.15, 0.2) is 6.17 Å². The van der Waals surface area contributed by atoms with E-state index in [-0.39, 0.29) is 6.04 Å². The monoisotopic (exact) mass is 494 g/mol. The fraction of sp³-hybridized carbons (Fsp3) is 0.538. The van der Waals surface area contributed by atoms with E-state index >= 15 is 4.39 Å². The van der Waals surface area contributed by atoms with Crippen LogP contribution in [0.25, 0.3) is 0 Å². The first-order valence-corrected chi connectivity index (χ1v) is 12.1. The first kappa shape index (κ1) is 26.0. The van der Waals surface area contributed by atoms with Gasteiger partial charge in [0.1, 0.15) is 0 Å². The van der Waals surface area contributed by atoms with Crippen LogP contribution >= 0.6 is 0 Å². The Bertz CT molecular complexity index is 959. The fourth-order valence-electron chi connectivity index (χ4n) is 5.04. The molecule has 2 aliphatic rings. The zero-order valence-electron chi connectivity index (χ0n) is 20.1. The van der Waals surface area contributed by atoms with Gasteiger partial charge < -0.3 is 5.11 Å². The zero-order valence-corrected chi connectivity index (χ0v) is 20.1. The maximum atomic E-state index is 15.6. The topological polar surface area (TPSA) is 59.6 Å². The minimum atomic E-state index is -4.37. The standard InChI is InChI=1S/C26H34F4N4O/c1-25(2,35)14-17-5-7-18(8-6-17)15-31-23-22(27)24(33-16-32-23)34-13-3-4-21(34)19-9-11-20(12-10-19)26(28,29)30/h5-12,21-24,31-33,35H,3-4,13-16H2,1-2H3. The summed E-state index contributed by atoms with van der Waals surface area (Å²) in [5, 5.41) is 19.6. The molecule has 2 aromatic rings. The molecular weight excluding hydrogens is 460 g/mol. The molecule has 0 aromatic heterocycles. The van der Waals surface area contributed by atoms with Crippen molar-refractivity contribution >= 4 is 0 Å². The third-order valence-corrected chi connectivity index (χ3v) is 6.71. The summed E-state index contributed by atoms with van der Waals surface area (Å²) >= 11 is 0. The predicted molar refractivity (Wildman–Crippen MR) is 127 cm³/mol. The van der Waals surface area contributed by atoms with E-state index in [2.05, 4.69) is 16.0 Å². The van der Waals surface area contributed by atoms with Gasteiger partial charge >= 0.3 is 6.18 Å². The van der Waals surface area contributed by atoms with Gasteiger partial charge in [-0.15, -0.1) is 0 Å². The highest BCUT2D eigenvalue weighted by molar-refractivity contribution is 5.28. The second-order valence-corrected chi connectivity index (χ2v) is 10.2. The van der Waals surface area contributed by atoms with Crippen molar-refractivity contribution in [2.24, 2.45) is 0 Å². The Hall–Kier alpha value is -2.04. The molecule has 4 atom stereocenters. The molecule has 0 saturated carbocycles. The molecule has 2 heterocycles. The van der Waals surface area contributed by atoms with Gasteiger partial charge in [-0.2, -0.15) is 13.2 Å². The molecule has 0 bridgehead atoms. The summed E-state index contributed by atoms with van der Waals surface area (Å²) in [7, 11) is 0. The highest BCUT2D eigenvalue weighted by Crippen LogP contribution is 2.36. The number of hydrogen-bond acceptors (Lipinski definition) is 5. The van der Waals surface area contributed by atoms with Crippen LogP contribution in [0.3, 0.4) is 0 Å². The maximum absolute atomic E-state index is 15.6. The van der Waals surface area contributed by atoms with E-state index in [9.17, 15) is 18.3 Å². The van der Waals surface area contributed by atoms with Crippen molar-refractivity contribution in [1.29, 1.82) is 0 Å². The van der Waals surface area contributed by atoms with Gasteiger partial charge in [0.05, 0.1) is 23.5 Å². The molecule has 0 radical (unpaired) electrons. The van der Waals surface area contributed by atoms with E-state index < -0.39 is 35.8 Å². The molecule has 0 aliphatic carbocycles. The van der Waals surface area contributed by atoms with Gasteiger partial charge in [-0.1, -0.05) is 36.4 Å². The second-order valence-electron chi connectivity index (χ2n) is 10.2. The van der Waals surface area contributed by atoms with Gasteiger partial charge in [0.25, 0.3) is 0 Å². The summed E-state index contributed by atoms with van der Waals surface area (Å²) < 4.78 is 54.5. The molecule has 4 rings (SSSR count). The molecule has 4 N–H and O–H groups in total. The van der Waals surface area contributed by atoms with E-state index in [1.54, 1.807) is 13.8 Å². The van der Waals surface area contributed by atoms with Crippen LogP contribution in [-0.4, -0.2) is 47.3 Å². The molecule has 2 fully saturated rings. The minimum absolute atomic E-state index is 0.130. The number of hydrogen-bond donors (Lipinski definition) is 4. The number of benzene rings is 2.